The Labute approximate surface area is 172 Å². The van der Waals surface area contributed by atoms with E-state index in [1.807, 2.05) is 6.08 Å². The first-order chi connectivity index (χ1) is 10.6. The first-order valence-electron chi connectivity index (χ1n) is 7.26. The molecule has 0 aromatic heterocycles. The van der Waals surface area contributed by atoms with Crippen molar-refractivity contribution in [3.63, 3.8) is 0 Å². The second-order valence-electron chi connectivity index (χ2n) is 4.89. The van der Waals surface area contributed by atoms with Crippen molar-refractivity contribution in [1.82, 2.24) is 0 Å². The average molecular weight is 445 g/mol. The summed E-state index contributed by atoms with van der Waals surface area (Å²) in [6.07, 6.45) is 7.50. The maximum absolute atomic E-state index is 8.34. The number of ether oxygens (including phenoxy) is 1. The fourth-order valence-corrected chi connectivity index (χ4v) is 1.71. The second-order valence-corrected chi connectivity index (χ2v) is 7.34. The van der Waals surface area contributed by atoms with E-state index in [9.17, 15) is 0 Å². The third-order valence-electron chi connectivity index (χ3n) is 2.57. The van der Waals surface area contributed by atoms with Crippen LogP contribution in [-0.4, -0.2) is 21.5 Å². The molecule has 0 spiro atoms. The van der Waals surface area contributed by atoms with Crippen LogP contribution in [0.5, 0.6) is 0 Å². The van der Waals surface area contributed by atoms with Crippen LogP contribution < -0.4 is 24.8 Å². The van der Waals surface area contributed by atoms with Gasteiger partial charge in [-0.2, -0.15) is 23.6 Å². The van der Waals surface area contributed by atoms with Crippen molar-refractivity contribution in [1.29, 1.82) is 0 Å². The molecule has 0 fully saturated rings. The number of benzene rings is 1. The monoisotopic (exact) mass is 442 g/mol. The van der Waals surface area contributed by atoms with E-state index < -0.39 is 0 Å². The number of aliphatic hydroxyl groups is 1. The Morgan fingerprint density at radius 2 is 1.92 bits per heavy atom. The summed E-state index contributed by atoms with van der Waals surface area (Å²) in [7, 11) is 0. The molecule has 1 aliphatic carbocycles. The van der Waals surface area contributed by atoms with Gasteiger partial charge in [0.2, 0.25) is 0 Å². The van der Waals surface area contributed by atoms with Crippen molar-refractivity contribution in [3.05, 3.63) is 66.5 Å². The van der Waals surface area contributed by atoms with Gasteiger partial charge in [0.05, 0.1) is 13.2 Å². The van der Waals surface area contributed by atoms with Crippen molar-refractivity contribution in [2.45, 2.75) is 20.3 Å². The third-order valence-corrected chi connectivity index (χ3v) is 2.57. The third kappa shape index (κ3) is 11.9. The molecule has 0 saturated carbocycles. The van der Waals surface area contributed by atoms with E-state index in [4.69, 9.17) is 9.84 Å². The summed E-state index contributed by atoms with van der Waals surface area (Å²) in [6, 6.07) is 14.7. The molecule has 3 rings (SSSR count). The van der Waals surface area contributed by atoms with Crippen molar-refractivity contribution in [2.75, 3.05) is 13.2 Å². The van der Waals surface area contributed by atoms with E-state index in [-0.39, 0.29) is 31.4 Å². The van der Waals surface area contributed by atoms with Crippen LogP contribution in [0.3, 0.4) is 0 Å². The summed E-state index contributed by atoms with van der Waals surface area (Å²) < 4.78 is 6.55. The van der Waals surface area contributed by atoms with Crippen LogP contribution in [0, 0.1) is 6.08 Å². The van der Waals surface area contributed by atoms with Crippen molar-refractivity contribution >= 4 is 14.0 Å². The average Bonchev–Trinajstić information content (AvgIpc) is 3.16. The summed E-state index contributed by atoms with van der Waals surface area (Å²) >= 11 is 1.55. The first-order valence-corrected chi connectivity index (χ1v) is 8.49. The van der Waals surface area contributed by atoms with Crippen LogP contribution in [0.1, 0.15) is 20.3 Å². The molecule has 24 heavy (non-hydrogen) atoms. The Morgan fingerprint density at radius 3 is 2.46 bits per heavy atom. The predicted octanol–water partition coefficient (Wildman–Crippen LogP) is -2.05. The molecule has 5 heteroatoms. The van der Waals surface area contributed by atoms with Gasteiger partial charge in [-0.05, 0) is 5.76 Å². The zero-order chi connectivity index (χ0) is 16.2. The van der Waals surface area contributed by atoms with Gasteiger partial charge in [0, 0.05) is 0 Å². The first kappa shape index (κ1) is 25.6. The maximum Gasteiger partial charge on any atom is 0.0876 e. The van der Waals surface area contributed by atoms with Crippen LogP contribution in [0.2, 0.25) is 0 Å². The zero-order valence-electron chi connectivity index (χ0n) is 13.9. The van der Waals surface area contributed by atoms with Gasteiger partial charge in [0.1, 0.15) is 0 Å². The van der Waals surface area contributed by atoms with E-state index in [0.717, 1.165) is 12.2 Å². The molecule has 0 saturated heterocycles. The summed E-state index contributed by atoms with van der Waals surface area (Å²) in [5.74, 6) is 0.823. The van der Waals surface area contributed by atoms with Crippen molar-refractivity contribution < 1.29 is 58.9 Å². The topological polar surface area (TPSA) is 29.5 Å². The molecule has 0 unspecified atom stereocenters. The molecule has 0 radical (unpaired) electrons. The Kier molecular flexibility index (Phi) is 17.0. The zero-order valence-corrected chi connectivity index (χ0v) is 17.9. The molecule has 0 atom stereocenters. The minimum Gasteiger partial charge on any atom is -1.00 e. The smallest absolute Gasteiger partial charge is 0.0876 e. The molecule has 1 aliphatic rings. The number of fused-ring (bicyclic) bond motifs is 1. The minimum absolute atomic E-state index is 0. The van der Waals surface area contributed by atoms with Gasteiger partial charge >= 0.3 is 41.3 Å². The molecule has 0 aliphatic heterocycles. The predicted molar refractivity (Wildman–Crippen MR) is 89.4 cm³/mol. The van der Waals surface area contributed by atoms with Gasteiger partial charge in [0.25, 0.3) is 0 Å². The largest absolute Gasteiger partial charge is 1.00 e. The van der Waals surface area contributed by atoms with E-state index in [1.54, 1.807) is 30.3 Å². The fraction of sp³-hybridized carbons (Fsp3) is 0.263. The minimum atomic E-state index is 0. The number of hydrogen-bond acceptors (Lipinski definition) is 2. The molecular weight excluding hydrogens is 422 g/mol. The van der Waals surface area contributed by atoms with Crippen LogP contribution >= 0.6 is 0 Å². The molecule has 0 bridgehead atoms. The Balaban J connectivity index is 0. The molecule has 1 N–H and O–H groups in total. The number of rotatable bonds is 3. The van der Waals surface area contributed by atoms with Crippen LogP contribution in [0.25, 0.3) is 10.8 Å². The molecule has 0 amide bonds. The molecule has 0 heterocycles. The van der Waals surface area contributed by atoms with E-state index >= 15 is 0 Å². The molecule has 2 nitrogen and oxygen atoms in total. The Hall–Kier alpha value is -0.597. The summed E-state index contributed by atoms with van der Waals surface area (Å²) in [5.41, 5.74) is 0. The number of allylic oxidation sites excluding steroid dienone is 3. The standard InChI is InChI=1S/C9H7.C7H9O2.C3H6.2ClH.Zr/c1-2-5-9-7-3-6-8(9)4-1;8-5-6-9-7-3-1-2-4-7;1-3-2;;;/h1-7H;3-4,8H,1,5-6H2;1-2H3;2*1H;/q2*-1;;;;+2/p-2. The van der Waals surface area contributed by atoms with Crippen LogP contribution in [-0.2, 0) is 29.0 Å². The fourth-order valence-electron chi connectivity index (χ4n) is 1.71. The molecule has 130 valence electrons. The Morgan fingerprint density at radius 1 is 1.25 bits per heavy atom. The maximum atomic E-state index is 8.34. The van der Waals surface area contributed by atoms with Gasteiger partial charge in [0.15, 0.2) is 0 Å². The van der Waals surface area contributed by atoms with Crippen molar-refractivity contribution in [3.8, 4) is 0 Å². The normalized spacial score (nSPS) is 11.0. The number of aliphatic hydroxyl groups excluding tert-OH is 1. The Bertz CT molecular complexity index is 599. The second kappa shape index (κ2) is 15.9. The molecule has 2 aromatic carbocycles. The quantitative estimate of drug-likeness (QED) is 0.553. The van der Waals surface area contributed by atoms with Crippen LogP contribution in [0.4, 0.5) is 0 Å². The van der Waals surface area contributed by atoms with Gasteiger partial charge < -0.3 is 34.7 Å². The summed E-state index contributed by atoms with van der Waals surface area (Å²) in [4.78, 5) is 0. The van der Waals surface area contributed by atoms with Gasteiger partial charge in [-0.25, -0.2) is 0 Å². The van der Waals surface area contributed by atoms with E-state index in [1.165, 1.54) is 14.0 Å². The van der Waals surface area contributed by atoms with Gasteiger partial charge in [-0.3, -0.25) is 6.08 Å². The van der Waals surface area contributed by atoms with Gasteiger partial charge in [-0.1, -0.05) is 6.07 Å². The molecule has 2 aromatic rings. The van der Waals surface area contributed by atoms with Crippen molar-refractivity contribution in [2.24, 2.45) is 0 Å². The summed E-state index contributed by atoms with van der Waals surface area (Å²) in [5, 5.41) is 11.0. The number of hydrogen-bond donors (Lipinski definition) is 1. The summed E-state index contributed by atoms with van der Waals surface area (Å²) in [6.45, 7) is 4.70. The number of halogens is 2. The van der Waals surface area contributed by atoms with Gasteiger partial charge in [-0.15, -0.1) is 42.1 Å². The SMILES string of the molecule is C[C](C)=[Zr+2].OCCOC1=CC[C-]=C1.[Cl-].[Cl-].c1ccc2[cH-]ccc2c1. The van der Waals surface area contributed by atoms with Crippen LogP contribution in [0.15, 0.2) is 60.4 Å². The molecular formula is C19H22Cl2O2Zr-2. The van der Waals surface area contributed by atoms with E-state index in [0.29, 0.717) is 6.61 Å². The van der Waals surface area contributed by atoms with E-state index in [2.05, 4.69) is 62.4 Å².